The number of carbonyl (C=O) groups excluding carboxylic acids is 1. The average molecular weight is 235 g/mol. The monoisotopic (exact) mass is 234 g/mol. The predicted octanol–water partition coefficient (Wildman–Crippen LogP) is 1.34. The van der Waals surface area contributed by atoms with E-state index in [2.05, 4.69) is 11.9 Å². The van der Waals surface area contributed by atoms with Crippen molar-refractivity contribution >= 4 is 18.5 Å². The van der Waals surface area contributed by atoms with Crippen molar-refractivity contribution in [1.82, 2.24) is 9.80 Å². The van der Waals surface area contributed by atoms with Crippen LogP contribution in [0.25, 0.3) is 0 Å². The quantitative estimate of drug-likeness (QED) is 0.687. The number of hydrogen-bond donors (Lipinski definition) is 0. The van der Waals surface area contributed by atoms with Crippen molar-refractivity contribution < 1.29 is 9.53 Å². The topological polar surface area (TPSA) is 32.8 Å². The highest BCUT2D eigenvalue weighted by atomic mass is 35.5. The average Bonchev–Trinajstić information content (AvgIpc) is 2.42. The molecule has 5 heteroatoms. The van der Waals surface area contributed by atoms with Gasteiger partial charge in [0.2, 0.25) is 0 Å². The van der Waals surface area contributed by atoms with Crippen molar-refractivity contribution in [2.45, 2.75) is 31.8 Å². The van der Waals surface area contributed by atoms with Crippen molar-refractivity contribution in [3.8, 4) is 0 Å². The molecule has 0 aromatic carbocycles. The third-order valence-electron chi connectivity index (χ3n) is 3.37. The van der Waals surface area contributed by atoms with E-state index in [0.29, 0.717) is 18.7 Å². The van der Waals surface area contributed by atoms with Crippen molar-refractivity contribution in [1.29, 1.82) is 0 Å². The van der Waals surface area contributed by atoms with Gasteiger partial charge in [0, 0.05) is 25.2 Å². The van der Waals surface area contributed by atoms with Crippen LogP contribution in [0.5, 0.6) is 0 Å². The minimum Gasteiger partial charge on any atom is -0.450 e. The Bertz CT molecular complexity index is 223. The number of halogens is 1. The van der Waals surface area contributed by atoms with E-state index in [9.17, 15) is 4.79 Å². The summed E-state index contributed by atoms with van der Waals surface area (Å²) in [5.41, 5.74) is 0. The van der Waals surface area contributed by atoms with Crippen molar-refractivity contribution in [3.63, 3.8) is 0 Å². The lowest BCUT2D eigenvalue weighted by Gasteiger charge is -2.38. The summed E-state index contributed by atoms with van der Waals surface area (Å²) in [5, 5.41) is 0. The van der Waals surface area contributed by atoms with E-state index >= 15 is 0 Å². The third-order valence-corrected chi connectivity index (χ3v) is 3.37. The van der Waals surface area contributed by atoms with Crippen molar-refractivity contribution in [3.05, 3.63) is 0 Å². The lowest BCUT2D eigenvalue weighted by Crippen LogP contribution is -2.53. The molecular formula is C10H19ClN2O2. The van der Waals surface area contributed by atoms with Gasteiger partial charge in [-0.05, 0) is 26.8 Å². The number of ether oxygens (including phenoxy) is 1. The number of carbonyl (C=O) groups is 1. The summed E-state index contributed by atoms with van der Waals surface area (Å²) >= 11 is 0. The van der Waals surface area contributed by atoms with Gasteiger partial charge >= 0.3 is 6.09 Å². The van der Waals surface area contributed by atoms with E-state index in [1.54, 1.807) is 0 Å². The van der Waals surface area contributed by atoms with Crippen molar-refractivity contribution in [2.75, 3.05) is 26.7 Å². The van der Waals surface area contributed by atoms with Crippen LogP contribution in [-0.2, 0) is 4.74 Å². The normalized spacial score (nSPS) is 29.9. The second-order valence-corrected chi connectivity index (χ2v) is 4.15. The molecule has 2 aliphatic heterocycles. The fraction of sp³-hybridized carbons (Fsp3) is 0.900. The molecule has 2 rings (SSSR count). The fourth-order valence-electron chi connectivity index (χ4n) is 2.48. The number of likely N-dealkylation sites (N-methyl/N-ethyl adjacent to an activating group) is 1. The summed E-state index contributed by atoms with van der Waals surface area (Å²) in [6, 6.07) is 1.11. The van der Waals surface area contributed by atoms with Gasteiger partial charge in [0.15, 0.2) is 0 Å². The van der Waals surface area contributed by atoms with Gasteiger partial charge in [-0.3, -0.25) is 4.90 Å². The molecule has 4 nitrogen and oxygen atoms in total. The van der Waals surface area contributed by atoms with Crippen LogP contribution in [0.1, 0.15) is 19.8 Å². The molecule has 0 aromatic heterocycles. The van der Waals surface area contributed by atoms with E-state index < -0.39 is 0 Å². The minimum atomic E-state index is -0.141. The molecule has 2 fully saturated rings. The van der Waals surface area contributed by atoms with Crippen LogP contribution in [-0.4, -0.2) is 54.7 Å². The molecule has 0 aliphatic carbocycles. The van der Waals surface area contributed by atoms with Gasteiger partial charge in [0.25, 0.3) is 0 Å². The molecule has 2 aliphatic rings. The van der Waals surface area contributed by atoms with Gasteiger partial charge in [0.1, 0.15) is 0 Å². The fourth-order valence-corrected chi connectivity index (χ4v) is 2.48. The SMILES string of the molecule is CCOC(=O)N1CC2CCC(C1)N2C.Cl. The van der Waals surface area contributed by atoms with E-state index in [0.717, 1.165) is 13.1 Å². The van der Waals surface area contributed by atoms with Crippen LogP contribution >= 0.6 is 12.4 Å². The van der Waals surface area contributed by atoms with Crippen LogP contribution in [0.15, 0.2) is 0 Å². The highest BCUT2D eigenvalue weighted by Gasteiger charge is 2.39. The Labute approximate surface area is 97.0 Å². The molecule has 2 saturated heterocycles. The lowest BCUT2D eigenvalue weighted by atomic mass is 10.2. The number of piperazine rings is 1. The van der Waals surface area contributed by atoms with Crippen molar-refractivity contribution in [2.24, 2.45) is 0 Å². The maximum Gasteiger partial charge on any atom is 0.409 e. The first-order valence-electron chi connectivity index (χ1n) is 5.36. The molecule has 15 heavy (non-hydrogen) atoms. The highest BCUT2D eigenvalue weighted by Crippen LogP contribution is 2.28. The van der Waals surface area contributed by atoms with Crippen LogP contribution in [0.3, 0.4) is 0 Å². The summed E-state index contributed by atoms with van der Waals surface area (Å²) in [6.45, 7) is 4.00. The zero-order valence-electron chi connectivity index (χ0n) is 9.31. The largest absolute Gasteiger partial charge is 0.450 e. The predicted molar refractivity (Wildman–Crippen MR) is 60.4 cm³/mol. The Morgan fingerprint density at radius 3 is 2.33 bits per heavy atom. The summed E-state index contributed by atoms with van der Waals surface area (Å²) in [6.07, 6.45) is 2.30. The van der Waals surface area contributed by atoms with E-state index in [-0.39, 0.29) is 18.5 Å². The van der Waals surface area contributed by atoms with E-state index in [4.69, 9.17) is 4.74 Å². The molecule has 0 radical (unpaired) electrons. The molecule has 0 spiro atoms. The van der Waals surface area contributed by atoms with Gasteiger partial charge in [-0.25, -0.2) is 4.79 Å². The molecule has 2 bridgehead atoms. The molecule has 1 amide bonds. The number of amides is 1. The second kappa shape index (κ2) is 5.03. The minimum absolute atomic E-state index is 0. The smallest absolute Gasteiger partial charge is 0.409 e. The molecule has 88 valence electrons. The summed E-state index contributed by atoms with van der Waals surface area (Å²) in [5.74, 6) is 0. The standard InChI is InChI=1S/C10H18N2O2.ClH/c1-3-14-10(13)12-6-8-4-5-9(7-12)11(8)2;/h8-9H,3-7H2,1-2H3;1H. The lowest BCUT2D eigenvalue weighted by molar-refractivity contribution is 0.0593. The zero-order chi connectivity index (χ0) is 10.1. The van der Waals surface area contributed by atoms with Gasteiger partial charge in [0.05, 0.1) is 6.61 Å². The highest BCUT2D eigenvalue weighted by molar-refractivity contribution is 5.85. The van der Waals surface area contributed by atoms with E-state index in [1.165, 1.54) is 12.8 Å². The van der Waals surface area contributed by atoms with Crippen LogP contribution in [0, 0.1) is 0 Å². The zero-order valence-corrected chi connectivity index (χ0v) is 10.1. The molecule has 2 heterocycles. The first kappa shape index (κ1) is 12.6. The Kier molecular flexibility index (Phi) is 4.22. The van der Waals surface area contributed by atoms with Crippen LogP contribution in [0.2, 0.25) is 0 Å². The summed E-state index contributed by atoms with van der Waals surface area (Å²) in [7, 11) is 2.16. The Hall–Kier alpha value is -0.480. The molecular weight excluding hydrogens is 216 g/mol. The van der Waals surface area contributed by atoms with Crippen LogP contribution < -0.4 is 0 Å². The number of nitrogens with zero attached hydrogens (tertiary/aromatic N) is 2. The number of likely N-dealkylation sites (tertiary alicyclic amines) is 1. The Balaban J connectivity index is 0.00000112. The van der Waals surface area contributed by atoms with Crippen LogP contribution in [0.4, 0.5) is 4.79 Å². The Morgan fingerprint density at radius 2 is 1.87 bits per heavy atom. The Morgan fingerprint density at radius 1 is 1.33 bits per heavy atom. The number of rotatable bonds is 1. The van der Waals surface area contributed by atoms with E-state index in [1.807, 2.05) is 11.8 Å². The van der Waals surface area contributed by atoms with Gasteiger partial charge in [-0.1, -0.05) is 0 Å². The molecule has 0 N–H and O–H groups in total. The molecule has 2 atom stereocenters. The summed E-state index contributed by atoms with van der Waals surface area (Å²) < 4.78 is 5.01. The maximum atomic E-state index is 11.5. The van der Waals surface area contributed by atoms with Gasteiger partial charge in [-0.15, -0.1) is 12.4 Å². The first-order chi connectivity index (χ1) is 6.72. The van der Waals surface area contributed by atoms with Gasteiger partial charge in [-0.2, -0.15) is 0 Å². The molecule has 0 saturated carbocycles. The molecule has 0 aromatic rings. The number of fused-ring (bicyclic) bond motifs is 2. The second-order valence-electron chi connectivity index (χ2n) is 4.15. The molecule has 2 unspecified atom stereocenters. The third kappa shape index (κ3) is 2.37. The first-order valence-corrected chi connectivity index (χ1v) is 5.36. The number of hydrogen-bond acceptors (Lipinski definition) is 3. The van der Waals surface area contributed by atoms with Gasteiger partial charge < -0.3 is 9.64 Å². The summed E-state index contributed by atoms with van der Waals surface area (Å²) in [4.78, 5) is 15.8. The maximum absolute atomic E-state index is 11.5.